The van der Waals surface area contributed by atoms with Gasteiger partial charge >= 0.3 is 0 Å². The molecule has 4 rings (SSSR count). The number of hydrogen-bond acceptors (Lipinski definition) is 4. The molecule has 1 aliphatic heterocycles. The van der Waals surface area contributed by atoms with E-state index in [1.807, 2.05) is 11.3 Å². The van der Waals surface area contributed by atoms with Crippen LogP contribution in [0.2, 0.25) is 0 Å². The molecule has 0 radical (unpaired) electrons. The molecule has 3 nitrogen and oxygen atoms in total. The summed E-state index contributed by atoms with van der Waals surface area (Å²) < 4.78 is 0. The minimum atomic E-state index is -0.00413. The third kappa shape index (κ3) is 2.13. The standard InChI is InChI=1S/C18H21NO2S/c1-2-3-11-7-13-17(22-11)9-19-14-5-4-10-6-15(20)16(21)8-12(10)18(13)14/h6-8,14,18-21H,2-5,9H2,1H3/t14-,18+/m0/s1. The van der Waals surface area contributed by atoms with Crippen molar-refractivity contribution in [2.75, 3.05) is 0 Å². The van der Waals surface area contributed by atoms with Gasteiger partial charge < -0.3 is 15.5 Å². The fraction of sp³-hybridized carbons (Fsp3) is 0.444. The van der Waals surface area contributed by atoms with Gasteiger partial charge in [-0.2, -0.15) is 0 Å². The largest absolute Gasteiger partial charge is 0.504 e. The molecule has 1 aliphatic carbocycles. The fourth-order valence-corrected chi connectivity index (χ4v) is 5.20. The first-order valence-corrected chi connectivity index (χ1v) is 8.88. The molecular weight excluding hydrogens is 294 g/mol. The molecule has 22 heavy (non-hydrogen) atoms. The van der Waals surface area contributed by atoms with E-state index in [0.29, 0.717) is 12.0 Å². The van der Waals surface area contributed by atoms with Crippen LogP contribution in [0.5, 0.6) is 11.5 Å². The maximum atomic E-state index is 9.94. The molecule has 0 fully saturated rings. The van der Waals surface area contributed by atoms with Gasteiger partial charge in [-0.05, 0) is 54.2 Å². The smallest absolute Gasteiger partial charge is 0.157 e. The number of aromatic hydroxyl groups is 2. The predicted octanol–water partition coefficient (Wildman–Crippen LogP) is 3.66. The van der Waals surface area contributed by atoms with Crippen molar-refractivity contribution in [3.8, 4) is 11.5 Å². The molecular formula is C18H21NO2S. The summed E-state index contributed by atoms with van der Waals surface area (Å²) in [6.45, 7) is 3.18. The lowest BCUT2D eigenvalue weighted by molar-refractivity contribution is 0.382. The highest BCUT2D eigenvalue weighted by Gasteiger charge is 2.36. The van der Waals surface area contributed by atoms with Crippen LogP contribution in [0.15, 0.2) is 18.2 Å². The lowest BCUT2D eigenvalue weighted by Crippen LogP contribution is -2.41. The molecule has 2 aliphatic rings. The second-order valence-electron chi connectivity index (χ2n) is 6.38. The Morgan fingerprint density at radius 3 is 2.82 bits per heavy atom. The Hall–Kier alpha value is -1.52. The van der Waals surface area contributed by atoms with Gasteiger partial charge in [-0.3, -0.25) is 0 Å². The lowest BCUT2D eigenvalue weighted by atomic mass is 9.74. The van der Waals surface area contributed by atoms with Gasteiger partial charge in [-0.1, -0.05) is 13.3 Å². The monoisotopic (exact) mass is 315 g/mol. The molecule has 1 aromatic carbocycles. The summed E-state index contributed by atoms with van der Waals surface area (Å²) in [5.41, 5.74) is 3.79. The molecule has 3 N–H and O–H groups in total. The van der Waals surface area contributed by atoms with E-state index >= 15 is 0 Å². The summed E-state index contributed by atoms with van der Waals surface area (Å²) in [6, 6.07) is 6.33. The Labute approximate surface area is 134 Å². The zero-order valence-corrected chi connectivity index (χ0v) is 13.5. The van der Waals surface area contributed by atoms with Crippen LogP contribution in [0.4, 0.5) is 0 Å². The molecule has 0 amide bonds. The van der Waals surface area contributed by atoms with Gasteiger partial charge in [-0.15, -0.1) is 11.3 Å². The zero-order chi connectivity index (χ0) is 15.3. The molecule has 0 unspecified atom stereocenters. The molecule has 1 aromatic heterocycles. The van der Waals surface area contributed by atoms with Gasteiger partial charge in [0.25, 0.3) is 0 Å². The van der Waals surface area contributed by atoms with E-state index in [1.165, 1.54) is 32.9 Å². The van der Waals surface area contributed by atoms with Gasteiger partial charge in [0, 0.05) is 28.3 Å². The number of nitrogens with one attached hydrogen (secondary N) is 1. The van der Waals surface area contributed by atoms with Gasteiger partial charge in [0.15, 0.2) is 11.5 Å². The van der Waals surface area contributed by atoms with E-state index in [0.717, 1.165) is 25.8 Å². The van der Waals surface area contributed by atoms with Crippen LogP contribution < -0.4 is 5.32 Å². The van der Waals surface area contributed by atoms with E-state index in [4.69, 9.17) is 0 Å². The second kappa shape index (κ2) is 5.28. The second-order valence-corrected chi connectivity index (χ2v) is 7.61. The van der Waals surface area contributed by atoms with Crippen LogP contribution in [0, 0.1) is 0 Å². The van der Waals surface area contributed by atoms with Crippen molar-refractivity contribution in [3.05, 3.63) is 44.6 Å². The van der Waals surface area contributed by atoms with Crippen molar-refractivity contribution in [1.29, 1.82) is 0 Å². The highest BCUT2D eigenvalue weighted by Crippen LogP contribution is 2.46. The minimum Gasteiger partial charge on any atom is -0.504 e. The lowest BCUT2D eigenvalue weighted by Gasteiger charge is -2.38. The van der Waals surface area contributed by atoms with Crippen LogP contribution in [-0.2, 0) is 19.4 Å². The van der Waals surface area contributed by atoms with Crippen molar-refractivity contribution in [2.45, 2.75) is 51.1 Å². The Balaban J connectivity index is 1.83. The van der Waals surface area contributed by atoms with Crippen LogP contribution in [0.25, 0.3) is 0 Å². The number of rotatable bonds is 2. The van der Waals surface area contributed by atoms with Crippen molar-refractivity contribution in [2.24, 2.45) is 0 Å². The molecule has 4 heteroatoms. The molecule has 0 bridgehead atoms. The topological polar surface area (TPSA) is 52.5 Å². The average Bonchev–Trinajstić information content (AvgIpc) is 2.91. The Morgan fingerprint density at radius 2 is 2.00 bits per heavy atom. The van der Waals surface area contributed by atoms with Gasteiger partial charge in [0.1, 0.15) is 0 Å². The fourth-order valence-electron chi connectivity index (χ4n) is 3.94. The van der Waals surface area contributed by atoms with Crippen LogP contribution in [0.1, 0.15) is 52.1 Å². The Morgan fingerprint density at radius 1 is 1.18 bits per heavy atom. The molecule has 0 spiro atoms. The molecule has 0 saturated heterocycles. The maximum Gasteiger partial charge on any atom is 0.157 e. The Kier molecular flexibility index (Phi) is 3.39. The van der Waals surface area contributed by atoms with E-state index in [2.05, 4.69) is 18.3 Å². The number of phenolic OH excluding ortho intramolecular Hbond substituents is 2. The first-order valence-electron chi connectivity index (χ1n) is 8.07. The van der Waals surface area contributed by atoms with E-state index in [9.17, 15) is 10.2 Å². The summed E-state index contributed by atoms with van der Waals surface area (Å²) in [5.74, 6) is 0.301. The highest BCUT2D eigenvalue weighted by molar-refractivity contribution is 7.12. The van der Waals surface area contributed by atoms with Crippen molar-refractivity contribution in [1.82, 2.24) is 5.32 Å². The minimum absolute atomic E-state index is 0.00168. The van der Waals surface area contributed by atoms with E-state index < -0.39 is 0 Å². The van der Waals surface area contributed by atoms with Crippen LogP contribution in [-0.4, -0.2) is 16.3 Å². The number of hydrogen-bond donors (Lipinski definition) is 3. The maximum absolute atomic E-state index is 9.94. The molecule has 2 heterocycles. The van der Waals surface area contributed by atoms with Gasteiger partial charge in [0.05, 0.1) is 0 Å². The van der Waals surface area contributed by atoms with Gasteiger partial charge in [0.2, 0.25) is 0 Å². The third-order valence-corrected chi connectivity index (χ3v) is 6.16. The SMILES string of the molecule is CCCc1cc2c(s1)CN[C@H]1CCc3cc(O)c(O)cc3[C@H]21. The number of phenols is 2. The number of fused-ring (bicyclic) bond motifs is 5. The van der Waals surface area contributed by atoms with Gasteiger partial charge in [-0.25, -0.2) is 0 Å². The quantitative estimate of drug-likeness (QED) is 0.741. The summed E-state index contributed by atoms with van der Waals surface area (Å²) in [7, 11) is 0. The highest BCUT2D eigenvalue weighted by atomic mass is 32.1. The number of thiophene rings is 1. The predicted molar refractivity (Wildman–Crippen MR) is 88.9 cm³/mol. The van der Waals surface area contributed by atoms with E-state index in [-0.39, 0.29) is 11.5 Å². The molecule has 2 atom stereocenters. The number of benzene rings is 1. The zero-order valence-electron chi connectivity index (χ0n) is 12.7. The normalized spacial score (nSPS) is 22.8. The van der Waals surface area contributed by atoms with Crippen LogP contribution in [0.3, 0.4) is 0 Å². The van der Waals surface area contributed by atoms with Crippen molar-refractivity contribution in [3.63, 3.8) is 0 Å². The van der Waals surface area contributed by atoms with Crippen LogP contribution >= 0.6 is 11.3 Å². The third-order valence-electron chi connectivity index (χ3n) is 4.95. The van der Waals surface area contributed by atoms with E-state index in [1.54, 1.807) is 12.1 Å². The summed E-state index contributed by atoms with van der Waals surface area (Å²) >= 11 is 1.92. The summed E-state index contributed by atoms with van der Waals surface area (Å²) in [4.78, 5) is 2.90. The summed E-state index contributed by atoms with van der Waals surface area (Å²) in [5, 5.41) is 23.4. The van der Waals surface area contributed by atoms with Crippen molar-refractivity contribution >= 4 is 11.3 Å². The average molecular weight is 315 g/mol. The first-order chi connectivity index (χ1) is 10.7. The molecule has 2 aromatic rings. The number of aryl methyl sites for hydroxylation is 2. The molecule has 116 valence electrons. The Bertz CT molecular complexity index is 722. The summed E-state index contributed by atoms with van der Waals surface area (Å²) in [6.07, 6.45) is 4.35. The first kappa shape index (κ1) is 14.1. The molecule has 0 saturated carbocycles. The van der Waals surface area contributed by atoms with Crippen molar-refractivity contribution < 1.29 is 10.2 Å².